The van der Waals surface area contributed by atoms with Crippen molar-refractivity contribution in [3.8, 4) is 0 Å². The first-order chi connectivity index (χ1) is 10.5. The van der Waals surface area contributed by atoms with Crippen molar-refractivity contribution >= 4 is 11.9 Å². The van der Waals surface area contributed by atoms with E-state index in [1.54, 1.807) is 11.8 Å². The molecule has 1 heterocycles. The summed E-state index contributed by atoms with van der Waals surface area (Å²) >= 11 is 0. The Morgan fingerprint density at radius 2 is 1.95 bits per heavy atom. The van der Waals surface area contributed by atoms with Gasteiger partial charge in [-0.25, -0.2) is 0 Å². The number of carbonyl (C=O) groups is 2. The lowest BCUT2D eigenvalue weighted by atomic mass is 10.1. The Hall–Kier alpha value is -1.14. The van der Waals surface area contributed by atoms with Crippen LogP contribution in [0.5, 0.6) is 0 Å². The van der Waals surface area contributed by atoms with Gasteiger partial charge in [-0.2, -0.15) is 0 Å². The molecule has 0 spiro atoms. The van der Waals surface area contributed by atoms with E-state index in [-0.39, 0.29) is 23.9 Å². The van der Waals surface area contributed by atoms with E-state index in [1.165, 1.54) is 7.11 Å². The Kier molecular flexibility index (Phi) is 8.42. The van der Waals surface area contributed by atoms with E-state index >= 15 is 0 Å². The van der Waals surface area contributed by atoms with Crippen molar-refractivity contribution in [1.82, 2.24) is 9.80 Å². The summed E-state index contributed by atoms with van der Waals surface area (Å²) < 4.78 is 10.3. The van der Waals surface area contributed by atoms with E-state index in [0.29, 0.717) is 19.7 Å². The van der Waals surface area contributed by atoms with Crippen molar-refractivity contribution < 1.29 is 19.1 Å². The maximum atomic E-state index is 12.6. The fourth-order valence-electron chi connectivity index (χ4n) is 2.68. The molecule has 6 heteroatoms. The van der Waals surface area contributed by atoms with Gasteiger partial charge in [0.25, 0.3) is 5.91 Å². The molecule has 128 valence electrons. The number of amides is 1. The third-order valence-electron chi connectivity index (χ3n) is 4.20. The zero-order valence-corrected chi connectivity index (χ0v) is 14.3. The van der Waals surface area contributed by atoms with Gasteiger partial charge in [0.05, 0.1) is 13.0 Å². The maximum absolute atomic E-state index is 12.6. The summed E-state index contributed by atoms with van der Waals surface area (Å²) in [4.78, 5) is 28.3. The van der Waals surface area contributed by atoms with Gasteiger partial charge in [-0.1, -0.05) is 20.8 Å². The Bertz CT molecular complexity index is 352. The lowest BCUT2D eigenvalue weighted by Gasteiger charge is -2.29. The predicted molar refractivity (Wildman–Crippen MR) is 84.5 cm³/mol. The quantitative estimate of drug-likeness (QED) is 0.597. The lowest BCUT2D eigenvalue weighted by Crippen LogP contribution is -2.46. The van der Waals surface area contributed by atoms with Crippen molar-refractivity contribution in [2.24, 2.45) is 5.92 Å². The molecule has 1 aliphatic heterocycles. The zero-order valence-electron chi connectivity index (χ0n) is 14.3. The smallest absolute Gasteiger partial charge is 0.310 e. The summed E-state index contributed by atoms with van der Waals surface area (Å²) in [6, 6.07) is 0. The summed E-state index contributed by atoms with van der Waals surface area (Å²) in [6.45, 7) is 10.3. The van der Waals surface area contributed by atoms with Gasteiger partial charge in [0.2, 0.25) is 0 Å². The second-order valence-corrected chi connectivity index (χ2v) is 5.74. The molecular weight excluding hydrogens is 284 g/mol. The molecule has 6 nitrogen and oxygen atoms in total. The Morgan fingerprint density at radius 1 is 1.27 bits per heavy atom. The number of ether oxygens (including phenoxy) is 2. The van der Waals surface area contributed by atoms with Gasteiger partial charge in [0.15, 0.2) is 0 Å². The van der Waals surface area contributed by atoms with Crippen molar-refractivity contribution in [2.75, 3.05) is 46.4 Å². The fourth-order valence-corrected chi connectivity index (χ4v) is 2.68. The van der Waals surface area contributed by atoms with Crippen molar-refractivity contribution in [2.45, 2.75) is 39.7 Å². The zero-order chi connectivity index (χ0) is 16.5. The third kappa shape index (κ3) is 5.57. The molecule has 0 saturated carbocycles. The summed E-state index contributed by atoms with van der Waals surface area (Å²) in [5.41, 5.74) is 0. The van der Waals surface area contributed by atoms with Gasteiger partial charge in [-0.3, -0.25) is 9.59 Å². The highest BCUT2D eigenvalue weighted by Gasteiger charge is 2.30. The molecule has 2 atom stereocenters. The number of methoxy groups -OCH3 is 1. The average Bonchev–Trinajstić information content (AvgIpc) is 3.07. The second-order valence-electron chi connectivity index (χ2n) is 5.74. The second kappa shape index (κ2) is 9.79. The molecular formula is C16H30N2O4. The molecule has 0 bridgehead atoms. The van der Waals surface area contributed by atoms with Crippen LogP contribution in [0.15, 0.2) is 0 Å². The standard InChI is InChI=1S/C16H30N2O4/c1-5-17(6-2)9-10-18(12-13(3)16(20)21-4)15(19)14-8-7-11-22-14/h13-14H,5-12H2,1-4H3. The van der Waals surface area contributed by atoms with Crippen LogP contribution < -0.4 is 0 Å². The molecule has 1 amide bonds. The number of carbonyl (C=O) groups excluding carboxylic acids is 2. The van der Waals surface area contributed by atoms with E-state index in [4.69, 9.17) is 9.47 Å². The van der Waals surface area contributed by atoms with Crippen LogP contribution in [0.4, 0.5) is 0 Å². The van der Waals surface area contributed by atoms with E-state index in [0.717, 1.165) is 32.5 Å². The monoisotopic (exact) mass is 314 g/mol. The van der Waals surface area contributed by atoms with E-state index in [1.807, 2.05) is 0 Å². The first-order valence-electron chi connectivity index (χ1n) is 8.24. The van der Waals surface area contributed by atoms with Crippen LogP contribution in [-0.2, 0) is 19.1 Å². The van der Waals surface area contributed by atoms with Crippen LogP contribution in [-0.4, -0.2) is 74.2 Å². The van der Waals surface area contributed by atoms with Gasteiger partial charge in [-0.15, -0.1) is 0 Å². The molecule has 22 heavy (non-hydrogen) atoms. The topological polar surface area (TPSA) is 59.1 Å². The number of hydrogen-bond acceptors (Lipinski definition) is 5. The van der Waals surface area contributed by atoms with Crippen LogP contribution >= 0.6 is 0 Å². The molecule has 1 fully saturated rings. The van der Waals surface area contributed by atoms with Crippen molar-refractivity contribution in [1.29, 1.82) is 0 Å². The van der Waals surface area contributed by atoms with Crippen LogP contribution in [0.2, 0.25) is 0 Å². The highest BCUT2D eigenvalue weighted by molar-refractivity contribution is 5.82. The van der Waals surface area contributed by atoms with Gasteiger partial charge < -0.3 is 19.3 Å². The van der Waals surface area contributed by atoms with Crippen LogP contribution in [0.1, 0.15) is 33.6 Å². The molecule has 1 rings (SSSR count). The minimum absolute atomic E-state index is 0.000379. The molecule has 1 saturated heterocycles. The summed E-state index contributed by atoms with van der Waals surface area (Å²) in [6.07, 6.45) is 1.35. The summed E-state index contributed by atoms with van der Waals surface area (Å²) in [5.74, 6) is -0.611. The van der Waals surface area contributed by atoms with E-state index in [2.05, 4.69) is 18.7 Å². The Morgan fingerprint density at radius 3 is 2.45 bits per heavy atom. The molecule has 0 radical (unpaired) electrons. The first-order valence-corrected chi connectivity index (χ1v) is 8.24. The van der Waals surface area contributed by atoms with Crippen molar-refractivity contribution in [3.05, 3.63) is 0 Å². The molecule has 0 aromatic carbocycles. The predicted octanol–water partition coefficient (Wildman–Crippen LogP) is 1.14. The highest BCUT2D eigenvalue weighted by Crippen LogP contribution is 2.16. The van der Waals surface area contributed by atoms with E-state index < -0.39 is 0 Å². The molecule has 0 aliphatic carbocycles. The molecule has 0 N–H and O–H groups in total. The average molecular weight is 314 g/mol. The largest absolute Gasteiger partial charge is 0.469 e. The van der Waals surface area contributed by atoms with Crippen LogP contribution in [0.3, 0.4) is 0 Å². The number of esters is 1. The maximum Gasteiger partial charge on any atom is 0.310 e. The SMILES string of the molecule is CCN(CC)CCN(CC(C)C(=O)OC)C(=O)C1CCCO1. The first kappa shape index (κ1) is 18.9. The molecule has 0 aromatic heterocycles. The van der Waals surface area contributed by atoms with Gasteiger partial charge >= 0.3 is 5.97 Å². The summed E-state index contributed by atoms with van der Waals surface area (Å²) in [5, 5.41) is 0. The normalized spacial score (nSPS) is 19.2. The van der Waals surface area contributed by atoms with Crippen LogP contribution in [0.25, 0.3) is 0 Å². The van der Waals surface area contributed by atoms with Gasteiger partial charge in [0.1, 0.15) is 6.10 Å². The van der Waals surface area contributed by atoms with E-state index in [9.17, 15) is 9.59 Å². The fraction of sp³-hybridized carbons (Fsp3) is 0.875. The number of likely N-dealkylation sites (N-methyl/N-ethyl adjacent to an activating group) is 1. The Labute approximate surface area is 133 Å². The minimum Gasteiger partial charge on any atom is -0.469 e. The van der Waals surface area contributed by atoms with Crippen molar-refractivity contribution in [3.63, 3.8) is 0 Å². The Balaban J connectivity index is 2.66. The molecule has 2 unspecified atom stereocenters. The van der Waals surface area contributed by atoms with Gasteiger partial charge in [0, 0.05) is 26.2 Å². The number of rotatable bonds is 9. The molecule has 1 aliphatic rings. The van der Waals surface area contributed by atoms with Crippen LogP contribution in [0, 0.1) is 5.92 Å². The highest BCUT2D eigenvalue weighted by atomic mass is 16.5. The molecule has 0 aromatic rings. The number of hydrogen-bond donors (Lipinski definition) is 0. The summed E-state index contributed by atoms with van der Waals surface area (Å²) in [7, 11) is 1.38. The number of nitrogens with zero attached hydrogens (tertiary/aromatic N) is 2. The minimum atomic E-state index is -0.346. The van der Waals surface area contributed by atoms with Gasteiger partial charge in [-0.05, 0) is 25.9 Å². The third-order valence-corrected chi connectivity index (χ3v) is 4.20. The lowest BCUT2D eigenvalue weighted by molar-refractivity contribution is -0.148.